The summed E-state index contributed by atoms with van der Waals surface area (Å²) in [6.45, 7) is 2.36. The van der Waals surface area contributed by atoms with Crippen LogP contribution in [0.4, 0.5) is 0 Å². The van der Waals surface area contributed by atoms with E-state index in [1.54, 1.807) is 0 Å². The molecular weight excluding hydrogens is 225 g/mol. The van der Waals surface area contributed by atoms with Crippen molar-refractivity contribution in [2.24, 2.45) is 5.11 Å². The van der Waals surface area contributed by atoms with E-state index in [9.17, 15) is 0 Å². The molecule has 8 heteroatoms. The van der Waals surface area contributed by atoms with Gasteiger partial charge in [0.25, 0.3) is 0 Å². The molecule has 0 fully saturated rings. The predicted molar refractivity (Wildman–Crippen MR) is 57.5 cm³/mol. The second-order valence-electron chi connectivity index (χ2n) is 2.07. The lowest BCUT2D eigenvalue weighted by Crippen LogP contribution is -2.02. The van der Waals surface area contributed by atoms with Gasteiger partial charge in [0.2, 0.25) is 0 Å². The topological polar surface area (TPSA) is 76.5 Å². The van der Waals surface area contributed by atoms with E-state index in [0.29, 0.717) is 13.2 Å². The Morgan fingerprint density at radius 3 is 2.29 bits per heavy atom. The molecule has 0 aromatic heterocycles. The van der Waals surface area contributed by atoms with Crippen molar-refractivity contribution in [1.29, 1.82) is 0 Å². The highest BCUT2D eigenvalue weighted by atomic mass is 32.5. The van der Waals surface area contributed by atoms with Crippen LogP contribution in [0.3, 0.4) is 0 Å². The maximum Gasteiger partial charge on any atom is 0.327 e. The van der Waals surface area contributed by atoms with E-state index in [1.807, 2.05) is 13.8 Å². The van der Waals surface area contributed by atoms with Crippen LogP contribution in [0.1, 0.15) is 13.8 Å². The molecule has 0 spiro atoms. The molecule has 0 radical (unpaired) electrons. The van der Waals surface area contributed by atoms with Gasteiger partial charge in [-0.15, -0.1) is 0 Å². The molecule has 0 N–H and O–H groups in total. The van der Waals surface area contributed by atoms with E-state index in [1.165, 1.54) is 0 Å². The number of hydrogen-bond acceptors (Lipinski definition) is 5. The molecule has 0 unspecified atom stereocenters. The van der Waals surface area contributed by atoms with E-state index in [-0.39, 0.29) is 13.2 Å². The minimum Gasteiger partial charge on any atom is -0.309 e. The number of rotatable bonds is 8. The van der Waals surface area contributed by atoms with Gasteiger partial charge in [0, 0.05) is 11.5 Å². The summed E-state index contributed by atoms with van der Waals surface area (Å²) in [7, 11) is 0. The molecule has 6 nitrogen and oxygen atoms in total. The minimum atomic E-state index is -2.61. The molecule has 0 amide bonds. The molecule has 0 aliphatic carbocycles. The smallest absolute Gasteiger partial charge is 0.309 e. The lowest BCUT2D eigenvalue weighted by molar-refractivity contribution is 0.170. The van der Waals surface area contributed by atoms with Crippen molar-refractivity contribution in [3.8, 4) is 0 Å². The van der Waals surface area contributed by atoms with Crippen LogP contribution in [-0.2, 0) is 25.4 Å². The van der Waals surface area contributed by atoms with Gasteiger partial charge in [-0.05, 0) is 31.2 Å². The van der Waals surface area contributed by atoms with Crippen LogP contribution in [0, 0.1) is 0 Å². The zero-order valence-electron chi connectivity index (χ0n) is 8.25. The fraction of sp³-hybridized carbons (Fsp3) is 1.00. The summed E-state index contributed by atoms with van der Waals surface area (Å²) < 4.78 is 15.6. The SMILES string of the molecule is CCOP(=S)(OCC)OCCN=[N+]=[N-]. The molecule has 0 saturated heterocycles. The Kier molecular flexibility index (Phi) is 8.08. The summed E-state index contributed by atoms with van der Waals surface area (Å²) in [6.07, 6.45) is 0. The van der Waals surface area contributed by atoms with Crippen LogP contribution >= 0.6 is 6.72 Å². The van der Waals surface area contributed by atoms with Crippen molar-refractivity contribution < 1.29 is 13.6 Å². The molecule has 82 valence electrons. The van der Waals surface area contributed by atoms with Crippen LogP contribution in [-0.4, -0.2) is 26.4 Å². The van der Waals surface area contributed by atoms with Gasteiger partial charge < -0.3 is 13.6 Å². The van der Waals surface area contributed by atoms with Gasteiger partial charge in [-0.25, -0.2) is 0 Å². The zero-order valence-corrected chi connectivity index (χ0v) is 9.96. The standard InChI is InChI=1S/C6H14N3O3PS/c1-3-10-13(14,11-4-2)12-6-5-8-9-7/h3-6H2,1-2H3. The van der Waals surface area contributed by atoms with Crippen LogP contribution in [0.25, 0.3) is 10.4 Å². The monoisotopic (exact) mass is 239 g/mol. The van der Waals surface area contributed by atoms with Crippen molar-refractivity contribution in [1.82, 2.24) is 0 Å². The van der Waals surface area contributed by atoms with Gasteiger partial charge in [-0.3, -0.25) is 0 Å². The first-order valence-corrected chi connectivity index (χ1v) is 6.78. The van der Waals surface area contributed by atoms with Crippen LogP contribution in [0.5, 0.6) is 0 Å². The molecule has 0 aromatic rings. The van der Waals surface area contributed by atoms with Gasteiger partial charge in [-0.2, -0.15) is 0 Å². The average Bonchev–Trinajstić information content (AvgIpc) is 2.13. The Balaban J connectivity index is 3.95. The fourth-order valence-electron chi connectivity index (χ4n) is 0.666. The third kappa shape index (κ3) is 6.32. The Morgan fingerprint density at radius 2 is 1.86 bits per heavy atom. The second kappa shape index (κ2) is 8.17. The molecule has 0 aliphatic rings. The predicted octanol–water partition coefficient (Wildman–Crippen LogP) is 2.61. The lowest BCUT2D eigenvalue weighted by Gasteiger charge is -2.19. The first-order valence-electron chi connectivity index (χ1n) is 4.23. The second-order valence-corrected chi connectivity index (χ2v) is 5.08. The van der Waals surface area contributed by atoms with Crippen molar-refractivity contribution in [2.45, 2.75) is 13.8 Å². The van der Waals surface area contributed by atoms with E-state index in [2.05, 4.69) is 10.0 Å². The average molecular weight is 239 g/mol. The van der Waals surface area contributed by atoms with Crippen LogP contribution in [0.15, 0.2) is 5.11 Å². The van der Waals surface area contributed by atoms with E-state index >= 15 is 0 Å². The summed E-state index contributed by atoms with van der Waals surface area (Å²) in [4.78, 5) is 2.59. The molecule has 0 atom stereocenters. The van der Waals surface area contributed by atoms with Gasteiger partial charge in [0.15, 0.2) is 0 Å². The third-order valence-electron chi connectivity index (χ3n) is 1.08. The van der Waals surface area contributed by atoms with Gasteiger partial charge in [0.05, 0.1) is 19.8 Å². The van der Waals surface area contributed by atoms with Crippen LogP contribution in [0.2, 0.25) is 0 Å². The van der Waals surface area contributed by atoms with Gasteiger partial charge in [0.1, 0.15) is 0 Å². The van der Waals surface area contributed by atoms with Crippen molar-refractivity contribution >= 4 is 18.5 Å². The fourth-order valence-corrected chi connectivity index (χ4v) is 2.68. The maximum atomic E-state index is 8.03. The van der Waals surface area contributed by atoms with Crippen molar-refractivity contribution in [2.75, 3.05) is 26.4 Å². The molecule has 0 aromatic carbocycles. The van der Waals surface area contributed by atoms with Gasteiger partial charge in [-0.1, -0.05) is 5.11 Å². The first kappa shape index (κ1) is 13.8. The molecule has 14 heavy (non-hydrogen) atoms. The third-order valence-corrected chi connectivity index (χ3v) is 3.67. The summed E-state index contributed by atoms with van der Waals surface area (Å²) in [5, 5.41) is 3.31. The zero-order chi connectivity index (χ0) is 10.9. The van der Waals surface area contributed by atoms with Crippen LogP contribution < -0.4 is 0 Å². The maximum absolute atomic E-state index is 8.03. The molecule has 0 saturated carbocycles. The summed E-state index contributed by atoms with van der Waals surface area (Å²) in [5.41, 5.74) is 8.03. The van der Waals surface area contributed by atoms with Crippen molar-refractivity contribution in [3.05, 3.63) is 10.4 Å². The Bertz CT molecular complexity index is 234. The Labute approximate surface area is 88.4 Å². The highest BCUT2D eigenvalue weighted by Crippen LogP contribution is 2.49. The van der Waals surface area contributed by atoms with Gasteiger partial charge >= 0.3 is 6.72 Å². The van der Waals surface area contributed by atoms with Crippen molar-refractivity contribution in [3.63, 3.8) is 0 Å². The Morgan fingerprint density at radius 1 is 1.29 bits per heavy atom. The highest BCUT2D eigenvalue weighted by Gasteiger charge is 2.18. The van der Waals surface area contributed by atoms with E-state index < -0.39 is 6.72 Å². The summed E-state index contributed by atoms with van der Waals surface area (Å²) in [6, 6.07) is 0. The van der Waals surface area contributed by atoms with E-state index in [0.717, 1.165) is 0 Å². The van der Waals surface area contributed by atoms with E-state index in [4.69, 9.17) is 30.9 Å². The highest BCUT2D eigenvalue weighted by molar-refractivity contribution is 8.07. The largest absolute Gasteiger partial charge is 0.327 e. The summed E-state index contributed by atoms with van der Waals surface area (Å²) >= 11 is 5.06. The number of hydrogen-bond donors (Lipinski definition) is 0. The summed E-state index contributed by atoms with van der Waals surface area (Å²) in [5.74, 6) is 0. The first-order chi connectivity index (χ1) is 6.68. The molecule has 0 bridgehead atoms. The minimum absolute atomic E-state index is 0.224. The number of azide groups is 1. The Hall–Kier alpha value is -0.160. The molecule has 0 rings (SSSR count). The normalized spacial score (nSPS) is 11.0. The quantitative estimate of drug-likeness (QED) is 0.214. The molecule has 0 aliphatic heterocycles. The molecular formula is C6H14N3O3PS. The lowest BCUT2D eigenvalue weighted by atomic mass is 10.8. The number of nitrogens with zero attached hydrogens (tertiary/aromatic N) is 3. The molecule has 0 heterocycles.